The molecule has 14 heavy (non-hydrogen) atoms. The van der Waals surface area contributed by atoms with E-state index in [1.165, 1.54) is 0 Å². The van der Waals surface area contributed by atoms with Crippen molar-refractivity contribution in [1.29, 1.82) is 0 Å². The Morgan fingerprint density at radius 2 is 1.93 bits per heavy atom. The first-order valence-corrected chi connectivity index (χ1v) is 6.14. The van der Waals surface area contributed by atoms with Gasteiger partial charge in [0.1, 0.15) is 11.9 Å². The van der Waals surface area contributed by atoms with E-state index in [0.717, 1.165) is 0 Å². The minimum Gasteiger partial charge on any atom is -0.446 e. The Labute approximate surface area is 87.8 Å². The molecule has 1 aromatic rings. The second-order valence-electron chi connectivity index (χ2n) is 5.20. The van der Waals surface area contributed by atoms with Crippen LogP contribution in [0.2, 0.25) is 5.04 Å². The Balaban J connectivity index is 2.59. The van der Waals surface area contributed by atoms with E-state index < -0.39 is 9.76 Å². The minimum absolute atomic E-state index is 0.295. The van der Waals surface area contributed by atoms with Crippen LogP contribution in [0.4, 0.5) is 0 Å². The van der Waals surface area contributed by atoms with Crippen LogP contribution >= 0.6 is 0 Å². The zero-order chi connectivity index (χ0) is 10.8. The summed E-state index contributed by atoms with van der Waals surface area (Å²) in [4.78, 5) is 4.12. The molecular formula is C10H19NO2Si. The Morgan fingerprint density at radius 3 is 2.36 bits per heavy atom. The Kier molecular flexibility index (Phi) is 3.16. The quantitative estimate of drug-likeness (QED) is 0.722. The predicted molar refractivity (Wildman–Crippen MR) is 58.9 cm³/mol. The van der Waals surface area contributed by atoms with Gasteiger partial charge in [0, 0.05) is 0 Å². The lowest BCUT2D eigenvalue weighted by molar-refractivity contribution is 0.0767. The van der Waals surface area contributed by atoms with Gasteiger partial charge in [-0.15, -0.1) is 0 Å². The maximum Gasteiger partial charge on any atom is 0.224 e. The van der Waals surface area contributed by atoms with Crippen LogP contribution in [0, 0.1) is 0 Å². The number of aromatic nitrogens is 1. The van der Waals surface area contributed by atoms with E-state index in [9.17, 15) is 0 Å². The summed E-state index contributed by atoms with van der Waals surface area (Å²) in [7, 11) is -0.577. The van der Waals surface area contributed by atoms with Crippen molar-refractivity contribution in [3.05, 3.63) is 18.4 Å². The molecule has 0 aromatic carbocycles. The van der Waals surface area contributed by atoms with Crippen molar-refractivity contribution >= 4 is 9.76 Å². The number of nitrogens with zero attached hydrogens (tertiary/aromatic N) is 1. The fourth-order valence-electron chi connectivity index (χ4n) is 0.979. The van der Waals surface area contributed by atoms with E-state index in [2.05, 4.69) is 25.8 Å². The molecular weight excluding hydrogens is 194 g/mol. The molecule has 0 spiro atoms. The Morgan fingerprint density at radius 1 is 1.29 bits per heavy atom. The molecule has 0 saturated heterocycles. The number of oxazole rings is 1. The molecule has 0 aliphatic heterocycles. The predicted octanol–water partition coefficient (Wildman–Crippen LogP) is 2.23. The smallest absolute Gasteiger partial charge is 0.224 e. The standard InChI is InChI=1S/C10H19NO2Si/c1-9(2,3)14-13-10(4,5)8-11-6-7-12-8/h6-7H,14H2,1-5H3. The van der Waals surface area contributed by atoms with Gasteiger partial charge in [-0.1, -0.05) is 20.8 Å². The summed E-state index contributed by atoms with van der Waals surface area (Å²) in [5, 5.41) is 0.295. The Hall–Kier alpha value is -0.613. The highest BCUT2D eigenvalue weighted by atomic mass is 28.2. The van der Waals surface area contributed by atoms with Gasteiger partial charge in [-0.05, 0) is 18.9 Å². The summed E-state index contributed by atoms with van der Waals surface area (Å²) in [5.41, 5.74) is -0.386. The zero-order valence-corrected chi connectivity index (χ0v) is 11.0. The van der Waals surface area contributed by atoms with Crippen molar-refractivity contribution in [1.82, 2.24) is 4.98 Å². The minimum atomic E-state index is -0.577. The molecule has 0 aliphatic rings. The molecule has 0 radical (unpaired) electrons. The molecule has 1 aromatic heterocycles. The summed E-state index contributed by atoms with van der Waals surface area (Å²) in [5.74, 6) is 0.661. The fraction of sp³-hybridized carbons (Fsp3) is 0.700. The molecule has 0 N–H and O–H groups in total. The van der Waals surface area contributed by atoms with Crippen molar-refractivity contribution in [2.45, 2.75) is 45.3 Å². The average molecular weight is 213 g/mol. The molecule has 0 fully saturated rings. The van der Waals surface area contributed by atoms with Crippen LogP contribution in [0.1, 0.15) is 40.5 Å². The number of hydrogen-bond acceptors (Lipinski definition) is 3. The lowest BCUT2D eigenvalue weighted by atomic mass is 10.1. The SMILES string of the molecule is CC(C)(C)[SiH2]OC(C)(C)c1ncco1. The van der Waals surface area contributed by atoms with E-state index in [-0.39, 0.29) is 5.60 Å². The van der Waals surface area contributed by atoms with Crippen molar-refractivity contribution in [2.75, 3.05) is 0 Å². The van der Waals surface area contributed by atoms with Crippen molar-refractivity contribution in [3.8, 4) is 0 Å². The summed E-state index contributed by atoms with van der Waals surface area (Å²) in [6.07, 6.45) is 3.23. The van der Waals surface area contributed by atoms with Gasteiger partial charge in [-0.25, -0.2) is 4.98 Å². The van der Waals surface area contributed by atoms with Crippen LogP contribution in [-0.2, 0) is 10.0 Å². The molecule has 1 rings (SSSR count). The summed E-state index contributed by atoms with van der Waals surface area (Å²) in [6.45, 7) is 10.6. The highest BCUT2D eigenvalue weighted by Crippen LogP contribution is 2.28. The molecule has 0 aliphatic carbocycles. The third-order valence-corrected chi connectivity index (χ3v) is 3.55. The molecule has 80 valence electrons. The highest BCUT2D eigenvalue weighted by molar-refractivity contribution is 6.31. The van der Waals surface area contributed by atoms with E-state index in [1.807, 2.05) is 13.8 Å². The number of hydrogen-bond donors (Lipinski definition) is 0. The van der Waals surface area contributed by atoms with Gasteiger partial charge in [0.15, 0.2) is 9.76 Å². The van der Waals surface area contributed by atoms with Gasteiger partial charge in [0.05, 0.1) is 6.20 Å². The summed E-state index contributed by atoms with van der Waals surface area (Å²) >= 11 is 0. The van der Waals surface area contributed by atoms with Crippen molar-refractivity contribution in [3.63, 3.8) is 0 Å². The van der Waals surface area contributed by atoms with E-state index in [0.29, 0.717) is 10.9 Å². The van der Waals surface area contributed by atoms with Crippen LogP contribution < -0.4 is 0 Å². The first kappa shape index (κ1) is 11.5. The van der Waals surface area contributed by atoms with Crippen LogP contribution in [0.25, 0.3) is 0 Å². The molecule has 0 bridgehead atoms. The van der Waals surface area contributed by atoms with Crippen LogP contribution in [-0.4, -0.2) is 14.7 Å². The monoisotopic (exact) mass is 213 g/mol. The second kappa shape index (κ2) is 3.86. The van der Waals surface area contributed by atoms with Crippen molar-refractivity contribution in [2.24, 2.45) is 0 Å². The second-order valence-corrected chi connectivity index (χ2v) is 7.90. The van der Waals surface area contributed by atoms with Crippen LogP contribution in [0.5, 0.6) is 0 Å². The maximum absolute atomic E-state index is 5.92. The van der Waals surface area contributed by atoms with Crippen LogP contribution in [0.3, 0.4) is 0 Å². The van der Waals surface area contributed by atoms with Gasteiger partial charge < -0.3 is 8.84 Å². The third-order valence-electron chi connectivity index (χ3n) is 1.81. The molecule has 0 atom stereocenters. The van der Waals surface area contributed by atoms with E-state index in [4.69, 9.17) is 8.84 Å². The topological polar surface area (TPSA) is 35.3 Å². The Bertz CT molecular complexity index is 275. The largest absolute Gasteiger partial charge is 0.446 e. The maximum atomic E-state index is 5.92. The molecule has 1 heterocycles. The molecule has 0 amide bonds. The van der Waals surface area contributed by atoms with Gasteiger partial charge >= 0.3 is 0 Å². The zero-order valence-electron chi connectivity index (χ0n) is 9.63. The van der Waals surface area contributed by atoms with Crippen LogP contribution in [0.15, 0.2) is 16.9 Å². The lowest BCUT2D eigenvalue weighted by Gasteiger charge is -2.27. The highest BCUT2D eigenvalue weighted by Gasteiger charge is 2.28. The number of rotatable bonds is 3. The summed E-state index contributed by atoms with van der Waals surface area (Å²) in [6, 6.07) is 0. The van der Waals surface area contributed by atoms with Gasteiger partial charge in [0.25, 0.3) is 0 Å². The molecule has 0 saturated carbocycles. The van der Waals surface area contributed by atoms with Crippen molar-refractivity contribution < 1.29 is 8.84 Å². The lowest BCUT2D eigenvalue weighted by Crippen LogP contribution is -2.27. The molecule has 4 heteroatoms. The summed E-state index contributed by atoms with van der Waals surface area (Å²) < 4.78 is 11.2. The molecule has 0 unspecified atom stereocenters. The first-order valence-electron chi connectivity index (χ1n) is 4.85. The van der Waals surface area contributed by atoms with Gasteiger partial charge in [-0.3, -0.25) is 0 Å². The normalized spacial score (nSPS) is 14.1. The van der Waals surface area contributed by atoms with E-state index in [1.54, 1.807) is 12.5 Å². The first-order chi connectivity index (χ1) is 6.31. The van der Waals surface area contributed by atoms with E-state index >= 15 is 0 Å². The van der Waals surface area contributed by atoms with Gasteiger partial charge in [-0.2, -0.15) is 0 Å². The average Bonchev–Trinajstić information content (AvgIpc) is 2.52. The molecule has 3 nitrogen and oxygen atoms in total. The van der Waals surface area contributed by atoms with Gasteiger partial charge in [0.2, 0.25) is 5.89 Å². The fourth-order valence-corrected chi connectivity index (χ4v) is 1.90. The third kappa shape index (κ3) is 3.27.